The van der Waals surface area contributed by atoms with Crippen LogP contribution in [-0.4, -0.2) is 35.2 Å². The molecule has 1 aliphatic heterocycles. The molecule has 1 aromatic rings. The van der Waals surface area contributed by atoms with Gasteiger partial charge in [-0.3, -0.25) is 14.4 Å². The first-order valence-electron chi connectivity index (χ1n) is 8.59. The summed E-state index contributed by atoms with van der Waals surface area (Å²) in [5.41, 5.74) is 6.89. The largest absolute Gasteiger partial charge is 0.366 e. The maximum absolute atomic E-state index is 12.6. The molecular weight excluding hydrogens is 318 g/mol. The van der Waals surface area contributed by atoms with Crippen molar-refractivity contribution in [2.24, 2.45) is 11.1 Å². The van der Waals surface area contributed by atoms with Gasteiger partial charge in [0.25, 0.3) is 0 Å². The van der Waals surface area contributed by atoms with Crippen LogP contribution in [0.3, 0.4) is 0 Å². The Hall–Kier alpha value is -2.37. The molecule has 0 spiro atoms. The fraction of sp³-hybridized carbons (Fsp3) is 0.526. The van der Waals surface area contributed by atoms with Gasteiger partial charge < -0.3 is 16.0 Å². The summed E-state index contributed by atoms with van der Waals surface area (Å²) < 4.78 is 0. The van der Waals surface area contributed by atoms with Crippen LogP contribution >= 0.6 is 0 Å². The third-order valence-corrected chi connectivity index (χ3v) is 4.33. The number of anilines is 1. The monoisotopic (exact) mass is 345 g/mol. The van der Waals surface area contributed by atoms with Crippen LogP contribution in [0, 0.1) is 12.3 Å². The van der Waals surface area contributed by atoms with Crippen molar-refractivity contribution in [3.63, 3.8) is 0 Å². The van der Waals surface area contributed by atoms with E-state index < -0.39 is 11.9 Å². The number of amides is 3. The SMILES string of the molecule is Cc1ccc(NC(=O)C2CCCN2C(=O)CC(C)(C)C)cc1C(N)=O. The van der Waals surface area contributed by atoms with Crippen molar-refractivity contribution < 1.29 is 14.4 Å². The molecule has 0 bridgehead atoms. The Labute approximate surface area is 148 Å². The molecule has 2 rings (SSSR count). The number of carbonyl (C=O) groups is 3. The molecule has 0 aromatic heterocycles. The first-order valence-corrected chi connectivity index (χ1v) is 8.59. The van der Waals surface area contributed by atoms with Gasteiger partial charge in [-0.25, -0.2) is 0 Å². The predicted molar refractivity (Wildman–Crippen MR) is 97.1 cm³/mol. The molecule has 1 heterocycles. The van der Waals surface area contributed by atoms with Crippen LogP contribution < -0.4 is 11.1 Å². The predicted octanol–water partition coefficient (Wildman–Crippen LogP) is 2.46. The Morgan fingerprint density at radius 2 is 1.96 bits per heavy atom. The van der Waals surface area contributed by atoms with Gasteiger partial charge in [-0.05, 0) is 42.9 Å². The van der Waals surface area contributed by atoms with Gasteiger partial charge in [-0.2, -0.15) is 0 Å². The van der Waals surface area contributed by atoms with E-state index in [1.807, 2.05) is 20.8 Å². The highest BCUT2D eigenvalue weighted by molar-refractivity contribution is 6.00. The van der Waals surface area contributed by atoms with Crippen molar-refractivity contribution in [3.8, 4) is 0 Å². The Bertz CT molecular complexity index is 692. The second-order valence-corrected chi connectivity index (χ2v) is 7.87. The van der Waals surface area contributed by atoms with Crippen LogP contribution in [0.4, 0.5) is 5.69 Å². The molecule has 0 radical (unpaired) electrons. The number of rotatable bonds is 4. The van der Waals surface area contributed by atoms with Crippen LogP contribution in [0.2, 0.25) is 0 Å². The van der Waals surface area contributed by atoms with E-state index in [0.29, 0.717) is 30.6 Å². The molecule has 1 unspecified atom stereocenters. The van der Waals surface area contributed by atoms with Gasteiger partial charge in [0.15, 0.2) is 0 Å². The van der Waals surface area contributed by atoms with Crippen molar-refractivity contribution >= 4 is 23.4 Å². The molecule has 1 saturated heterocycles. The summed E-state index contributed by atoms with van der Waals surface area (Å²) in [5, 5.41) is 2.81. The van der Waals surface area contributed by atoms with Crippen molar-refractivity contribution in [1.29, 1.82) is 0 Å². The van der Waals surface area contributed by atoms with Crippen LogP contribution in [0.1, 0.15) is 56.0 Å². The number of hydrogen-bond donors (Lipinski definition) is 2. The first kappa shape index (κ1) is 19.0. The number of nitrogens with zero attached hydrogens (tertiary/aromatic N) is 1. The van der Waals surface area contributed by atoms with E-state index in [2.05, 4.69) is 5.32 Å². The number of hydrogen-bond acceptors (Lipinski definition) is 3. The smallest absolute Gasteiger partial charge is 0.249 e. The third-order valence-electron chi connectivity index (χ3n) is 4.33. The summed E-state index contributed by atoms with van der Waals surface area (Å²) in [6.07, 6.45) is 1.87. The molecule has 1 aliphatic rings. The number of aryl methyl sites for hydroxylation is 1. The summed E-state index contributed by atoms with van der Waals surface area (Å²) in [5.74, 6) is -0.748. The summed E-state index contributed by atoms with van der Waals surface area (Å²) in [6.45, 7) is 8.41. The highest BCUT2D eigenvalue weighted by Gasteiger charge is 2.35. The fourth-order valence-electron chi connectivity index (χ4n) is 3.08. The summed E-state index contributed by atoms with van der Waals surface area (Å²) in [7, 11) is 0. The molecular formula is C19H27N3O3. The molecule has 1 aromatic carbocycles. The minimum Gasteiger partial charge on any atom is -0.366 e. The van der Waals surface area contributed by atoms with Crippen molar-refractivity contribution in [2.45, 2.75) is 53.0 Å². The highest BCUT2D eigenvalue weighted by atomic mass is 16.2. The normalized spacial score (nSPS) is 17.4. The maximum Gasteiger partial charge on any atom is 0.249 e. The van der Waals surface area contributed by atoms with E-state index in [0.717, 1.165) is 12.0 Å². The quantitative estimate of drug-likeness (QED) is 0.878. The average molecular weight is 345 g/mol. The van der Waals surface area contributed by atoms with Crippen LogP contribution in [0.5, 0.6) is 0 Å². The van der Waals surface area contributed by atoms with Crippen molar-refractivity contribution in [1.82, 2.24) is 4.90 Å². The van der Waals surface area contributed by atoms with Crippen LogP contribution in [-0.2, 0) is 9.59 Å². The lowest BCUT2D eigenvalue weighted by molar-refractivity contribution is -0.138. The van der Waals surface area contributed by atoms with E-state index in [9.17, 15) is 14.4 Å². The molecule has 3 N–H and O–H groups in total. The summed E-state index contributed by atoms with van der Waals surface area (Å²) >= 11 is 0. The minimum absolute atomic E-state index is 0.00637. The molecule has 0 saturated carbocycles. The molecule has 0 aliphatic carbocycles. The summed E-state index contributed by atoms with van der Waals surface area (Å²) in [6, 6.07) is 4.59. The number of nitrogens with one attached hydrogen (secondary N) is 1. The van der Waals surface area contributed by atoms with Gasteiger partial charge in [-0.15, -0.1) is 0 Å². The van der Waals surface area contributed by atoms with Gasteiger partial charge in [0.05, 0.1) is 0 Å². The van der Waals surface area contributed by atoms with Crippen molar-refractivity contribution in [3.05, 3.63) is 29.3 Å². The lowest BCUT2D eigenvalue weighted by Crippen LogP contribution is -2.44. The lowest BCUT2D eigenvalue weighted by Gasteiger charge is -2.27. The number of nitrogens with two attached hydrogens (primary N) is 1. The number of primary amides is 1. The maximum atomic E-state index is 12.6. The molecule has 136 valence electrons. The van der Waals surface area contributed by atoms with Crippen LogP contribution in [0.15, 0.2) is 18.2 Å². The topological polar surface area (TPSA) is 92.5 Å². The summed E-state index contributed by atoms with van der Waals surface area (Å²) in [4.78, 5) is 38.3. The third kappa shape index (κ3) is 4.81. The molecule has 6 nitrogen and oxygen atoms in total. The van der Waals surface area contributed by atoms with E-state index in [-0.39, 0.29) is 17.2 Å². The molecule has 1 atom stereocenters. The van der Waals surface area contributed by atoms with Gasteiger partial charge >= 0.3 is 0 Å². The van der Waals surface area contributed by atoms with Gasteiger partial charge in [0, 0.05) is 24.2 Å². The number of likely N-dealkylation sites (tertiary alicyclic amines) is 1. The van der Waals surface area contributed by atoms with E-state index in [4.69, 9.17) is 5.73 Å². The zero-order valence-electron chi connectivity index (χ0n) is 15.4. The molecule has 6 heteroatoms. The van der Waals surface area contributed by atoms with Crippen molar-refractivity contribution in [2.75, 3.05) is 11.9 Å². The fourth-order valence-corrected chi connectivity index (χ4v) is 3.08. The van der Waals surface area contributed by atoms with E-state index in [1.165, 1.54) is 0 Å². The highest BCUT2D eigenvalue weighted by Crippen LogP contribution is 2.25. The lowest BCUT2D eigenvalue weighted by atomic mass is 9.91. The minimum atomic E-state index is -0.531. The van der Waals surface area contributed by atoms with Crippen LogP contribution in [0.25, 0.3) is 0 Å². The molecule has 25 heavy (non-hydrogen) atoms. The Morgan fingerprint density at radius 3 is 2.56 bits per heavy atom. The van der Waals surface area contributed by atoms with Gasteiger partial charge in [0.2, 0.25) is 17.7 Å². The molecule has 3 amide bonds. The van der Waals surface area contributed by atoms with E-state index in [1.54, 1.807) is 30.0 Å². The zero-order chi connectivity index (χ0) is 18.8. The Balaban J connectivity index is 2.11. The zero-order valence-corrected chi connectivity index (χ0v) is 15.4. The van der Waals surface area contributed by atoms with Gasteiger partial charge in [0.1, 0.15) is 6.04 Å². The standard InChI is InChI=1S/C19H27N3O3/c1-12-7-8-13(10-14(12)17(20)24)21-18(25)15-6-5-9-22(15)16(23)11-19(2,3)4/h7-8,10,15H,5-6,9,11H2,1-4H3,(H2,20,24)(H,21,25). The second-order valence-electron chi connectivity index (χ2n) is 7.87. The average Bonchev–Trinajstić information content (AvgIpc) is 2.97. The number of carbonyl (C=O) groups excluding carboxylic acids is 3. The van der Waals surface area contributed by atoms with Gasteiger partial charge in [-0.1, -0.05) is 26.8 Å². The molecule has 1 fully saturated rings. The Kier molecular flexibility index (Phi) is 5.50. The number of benzene rings is 1. The Morgan fingerprint density at radius 1 is 1.28 bits per heavy atom. The first-order chi connectivity index (χ1) is 11.6. The van der Waals surface area contributed by atoms with E-state index >= 15 is 0 Å². The second kappa shape index (κ2) is 7.25.